The molecule has 1 aromatic carbocycles. The van der Waals surface area contributed by atoms with E-state index in [2.05, 4.69) is 20.5 Å². The van der Waals surface area contributed by atoms with E-state index in [0.29, 0.717) is 33.9 Å². The number of hydrogen-bond donors (Lipinski definition) is 1. The van der Waals surface area contributed by atoms with Crippen LogP contribution in [0.4, 0.5) is 14.6 Å². The zero-order valence-corrected chi connectivity index (χ0v) is 20.3. The molecule has 0 unspecified atom stereocenters. The summed E-state index contributed by atoms with van der Waals surface area (Å²) in [5.74, 6) is 0.218. The Kier molecular flexibility index (Phi) is 6.46. The van der Waals surface area contributed by atoms with E-state index >= 15 is 0 Å². The number of pyridine rings is 1. The van der Waals surface area contributed by atoms with Crippen LogP contribution < -0.4 is 5.32 Å². The lowest BCUT2D eigenvalue weighted by molar-refractivity contribution is -0.116. The second-order valence-electron chi connectivity index (χ2n) is 8.01. The Labute approximate surface area is 213 Å². The van der Waals surface area contributed by atoms with E-state index in [0.717, 1.165) is 5.56 Å². The van der Waals surface area contributed by atoms with Crippen LogP contribution >= 0.6 is 23.2 Å². The number of nitrogens with zero attached hydrogens (tertiary/aromatic N) is 5. The fraction of sp³-hybridized carbons (Fsp3) is 0.167. The van der Waals surface area contributed by atoms with Gasteiger partial charge < -0.3 is 9.73 Å². The topological polar surface area (TPSA) is 90.8 Å². The van der Waals surface area contributed by atoms with E-state index in [1.165, 1.54) is 17.0 Å². The Morgan fingerprint density at radius 3 is 2.69 bits per heavy atom. The minimum absolute atomic E-state index is 0.164. The molecule has 5 aromatic rings. The van der Waals surface area contributed by atoms with Gasteiger partial charge in [0.2, 0.25) is 5.91 Å². The number of amides is 1. The summed E-state index contributed by atoms with van der Waals surface area (Å²) in [6.07, 6.45) is 0.381. The number of hydrogen-bond acceptors (Lipinski definition) is 5. The molecule has 12 heteroatoms. The third-order valence-electron chi connectivity index (χ3n) is 5.45. The molecule has 36 heavy (non-hydrogen) atoms. The lowest BCUT2D eigenvalue weighted by Crippen LogP contribution is -2.20. The number of aromatic nitrogens is 5. The van der Waals surface area contributed by atoms with Crippen LogP contribution in [0.5, 0.6) is 0 Å². The van der Waals surface area contributed by atoms with E-state index in [4.69, 9.17) is 27.6 Å². The normalized spacial score (nSPS) is 11.5. The smallest absolute Gasteiger partial charge is 0.264 e. The van der Waals surface area contributed by atoms with Gasteiger partial charge in [0.25, 0.3) is 6.43 Å². The van der Waals surface area contributed by atoms with Gasteiger partial charge in [-0.25, -0.2) is 18.4 Å². The van der Waals surface area contributed by atoms with Crippen LogP contribution in [0.15, 0.2) is 59.3 Å². The number of fused-ring (bicyclic) bond motifs is 1. The molecule has 0 spiro atoms. The first-order valence-electron chi connectivity index (χ1n) is 10.8. The Bertz CT molecular complexity index is 1560. The van der Waals surface area contributed by atoms with E-state index < -0.39 is 12.3 Å². The van der Waals surface area contributed by atoms with Crippen molar-refractivity contribution < 1.29 is 18.0 Å². The average Bonchev–Trinajstić information content (AvgIpc) is 3.58. The van der Waals surface area contributed by atoms with Gasteiger partial charge in [-0.05, 0) is 42.8 Å². The van der Waals surface area contributed by atoms with Crippen molar-refractivity contribution in [1.82, 2.24) is 24.5 Å². The maximum Gasteiger partial charge on any atom is 0.264 e. The van der Waals surface area contributed by atoms with Gasteiger partial charge in [-0.1, -0.05) is 29.3 Å². The predicted octanol–water partition coefficient (Wildman–Crippen LogP) is 6.13. The number of alkyl halides is 2. The summed E-state index contributed by atoms with van der Waals surface area (Å²) in [6, 6.07) is 11.5. The molecule has 0 saturated heterocycles. The second kappa shape index (κ2) is 9.71. The zero-order chi connectivity index (χ0) is 25.4. The molecule has 0 aliphatic rings. The van der Waals surface area contributed by atoms with E-state index in [9.17, 15) is 13.6 Å². The van der Waals surface area contributed by atoms with Crippen LogP contribution in [0.25, 0.3) is 22.5 Å². The van der Waals surface area contributed by atoms with Crippen molar-refractivity contribution >= 4 is 46.0 Å². The molecule has 8 nitrogen and oxygen atoms in total. The van der Waals surface area contributed by atoms with Crippen molar-refractivity contribution in [2.75, 3.05) is 5.32 Å². The molecular weight excluding hydrogens is 513 g/mol. The van der Waals surface area contributed by atoms with Crippen molar-refractivity contribution in [3.05, 3.63) is 81.8 Å². The van der Waals surface area contributed by atoms with Crippen LogP contribution in [-0.4, -0.2) is 30.5 Å². The highest BCUT2D eigenvalue weighted by molar-refractivity contribution is 6.42. The Balaban J connectivity index is 1.36. The molecule has 4 heterocycles. The molecule has 0 fully saturated rings. The fourth-order valence-electron chi connectivity index (χ4n) is 3.88. The monoisotopic (exact) mass is 530 g/mol. The number of carbonyl (C=O) groups excluding carboxylic acids is 1. The first kappa shape index (κ1) is 24.0. The second-order valence-corrected chi connectivity index (χ2v) is 8.83. The van der Waals surface area contributed by atoms with Gasteiger partial charge in [-0.2, -0.15) is 10.2 Å². The maximum atomic E-state index is 13.9. The number of nitrogens with one attached hydrogen (secondary N) is 1. The van der Waals surface area contributed by atoms with Crippen LogP contribution in [0.2, 0.25) is 10.0 Å². The first-order chi connectivity index (χ1) is 17.3. The predicted molar refractivity (Wildman–Crippen MR) is 131 cm³/mol. The molecular formula is C24H18Cl2F2N6O2. The third kappa shape index (κ3) is 4.82. The summed E-state index contributed by atoms with van der Waals surface area (Å²) in [4.78, 5) is 17.2. The van der Waals surface area contributed by atoms with Gasteiger partial charge in [0.15, 0.2) is 17.2 Å². The maximum absolute atomic E-state index is 13.9. The SMILES string of the molecule is Cc1nn(CC(=O)Nc2ccn(Cc3ccc(Cl)c(Cl)c3)n2)c2nc(-c3ccco3)cc(C(F)F)c12. The Morgan fingerprint density at radius 2 is 1.97 bits per heavy atom. The van der Waals surface area contributed by atoms with Crippen molar-refractivity contribution in [2.45, 2.75) is 26.4 Å². The number of aryl methyl sites for hydroxylation is 1. The molecule has 0 saturated carbocycles. The number of benzene rings is 1. The van der Waals surface area contributed by atoms with E-state index in [-0.39, 0.29) is 28.8 Å². The van der Waals surface area contributed by atoms with Gasteiger partial charge in [-0.15, -0.1) is 0 Å². The average molecular weight is 531 g/mol. The minimum Gasteiger partial charge on any atom is -0.463 e. The fourth-order valence-corrected chi connectivity index (χ4v) is 4.20. The van der Waals surface area contributed by atoms with Crippen molar-refractivity contribution in [2.24, 2.45) is 0 Å². The van der Waals surface area contributed by atoms with Crippen LogP contribution in [0.1, 0.15) is 23.2 Å². The highest BCUT2D eigenvalue weighted by atomic mass is 35.5. The van der Waals surface area contributed by atoms with Crippen molar-refractivity contribution in [3.8, 4) is 11.5 Å². The lowest BCUT2D eigenvalue weighted by atomic mass is 10.1. The molecule has 0 radical (unpaired) electrons. The first-order valence-corrected chi connectivity index (χ1v) is 11.5. The van der Waals surface area contributed by atoms with Gasteiger partial charge in [0.1, 0.15) is 12.2 Å². The van der Waals surface area contributed by atoms with Crippen LogP contribution in [0, 0.1) is 6.92 Å². The molecule has 1 amide bonds. The quantitative estimate of drug-likeness (QED) is 0.273. The Morgan fingerprint density at radius 1 is 1.14 bits per heavy atom. The Hall–Kier alpha value is -3.76. The summed E-state index contributed by atoms with van der Waals surface area (Å²) in [6.45, 7) is 1.77. The number of furan rings is 1. The molecule has 1 N–H and O–H groups in total. The number of halogens is 4. The van der Waals surface area contributed by atoms with Gasteiger partial charge in [0.05, 0.1) is 33.9 Å². The molecule has 0 aliphatic carbocycles. The largest absolute Gasteiger partial charge is 0.463 e. The number of carbonyl (C=O) groups is 1. The standard InChI is InChI=1S/C24H18Cl2F2N6O2/c1-13-22-15(23(27)28)10-18(19-3-2-8-36-19)29-24(22)34(31-13)12-21(35)30-20-6-7-33(32-20)11-14-4-5-16(25)17(26)9-14/h2-10,23H,11-12H2,1H3,(H,30,32,35). The highest BCUT2D eigenvalue weighted by Gasteiger charge is 2.22. The van der Waals surface area contributed by atoms with Crippen LogP contribution in [-0.2, 0) is 17.9 Å². The molecule has 4 aromatic heterocycles. The summed E-state index contributed by atoms with van der Waals surface area (Å²) >= 11 is 12.0. The summed E-state index contributed by atoms with van der Waals surface area (Å²) in [7, 11) is 0. The van der Waals surface area contributed by atoms with Gasteiger partial charge >= 0.3 is 0 Å². The van der Waals surface area contributed by atoms with Crippen LogP contribution in [0.3, 0.4) is 0 Å². The molecule has 0 atom stereocenters. The molecule has 0 aliphatic heterocycles. The van der Waals surface area contributed by atoms with Crippen molar-refractivity contribution in [3.63, 3.8) is 0 Å². The zero-order valence-electron chi connectivity index (χ0n) is 18.8. The highest BCUT2D eigenvalue weighted by Crippen LogP contribution is 2.33. The minimum atomic E-state index is -2.76. The molecule has 184 valence electrons. The summed E-state index contributed by atoms with van der Waals surface area (Å²) in [5, 5.41) is 12.4. The van der Waals surface area contributed by atoms with Gasteiger partial charge in [-0.3, -0.25) is 9.48 Å². The van der Waals surface area contributed by atoms with Crippen molar-refractivity contribution in [1.29, 1.82) is 0 Å². The molecule has 5 rings (SSSR count). The summed E-state index contributed by atoms with van der Waals surface area (Å²) < 4.78 is 36.0. The van der Waals surface area contributed by atoms with E-state index in [1.54, 1.807) is 48.1 Å². The summed E-state index contributed by atoms with van der Waals surface area (Å²) in [5.41, 5.74) is 1.40. The number of anilines is 1. The number of rotatable bonds is 7. The van der Waals surface area contributed by atoms with Gasteiger partial charge in [0, 0.05) is 17.8 Å². The third-order valence-corrected chi connectivity index (χ3v) is 6.19. The molecule has 0 bridgehead atoms. The lowest BCUT2D eigenvalue weighted by Gasteiger charge is -2.07. The van der Waals surface area contributed by atoms with E-state index in [1.807, 2.05) is 6.07 Å².